The van der Waals surface area contributed by atoms with Crippen molar-refractivity contribution in [3.63, 3.8) is 0 Å². The van der Waals surface area contributed by atoms with Crippen molar-refractivity contribution < 1.29 is 30.7 Å². The molecule has 2 aromatic carbocycles. The van der Waals surface area contributed by atoms with Gasteiger partial charge in [-0.05, 0) is 49.7 Å². The van der Waals surface area contributed by atoms with Gasteiger partial charge in [-0.2, -0.15) is 13.2 Å². The van der Waals surface area contributed by atoms with Crippen molar-refractivity contribution in [1.29, 1.82) is 0 Å². The molecule has 8 nitrogen and oxygen atoms in total. The molecule has 0 aliphatic carbocycles. The second-order valence-corrected chi connectivity index (χ2v) is 10.9. The lowest BCUT2D eigenvalue weighted by Crippen LogP contribution is -2.46. The molecule has 0 radical (unpaired) electrons. The Morgan fingerprint density at radius 3 is 2.62 bits per heavy atom. The molecule has 4 rings (SSSR count). The summed E-state index contributed by atoms with van der Waals surface area (Å²) < 4.78 is 84.5. The first kappa shape index (κ1) is 28.5. The summed E-state index contributed by atoms with van der Waals surface area (Å²) in [6.07, 6.45) is -5.03. The van der Waals surface area contributed by atoms with E-state index in [2.05, 4.69) is 22.5 Å². The van der Waals surface area contributed by atoms with E-state index in [1.54, 1.807) is 24.3 Å². The number of sulfonamides is 1. The first-order valence-corrected chi connectivity index (χ1v) is 13.6. The standard InChI is InChI=1S/C26H29F4N5O3S/c1-34-12-10-22(20(27)15-34)33-21-6-3-7-24-19(21)13-17(35(24)16-26(28,29)30)5-4-11-32-23-9-8-18(39(31,36)37)14-25(23)38-2/h3,6-9,13-14,20,22,32-33H,10-12,15-16H2,1-2H3,(H2,31,36,37)/t20-,22+/m0/s1. The number of nitrogens with zero attached hydrogens (tertiary/aromatic N) is 2. The number of rotatable bonds is 7. The lowest BCUT2D eigenvalue weighted by Gasteiger charge is -2.33. The lowest BCUT2D eigenvalue weighted by molar-refractivity contribution is -0.140. The highest BCUT2D eigenvalue weighted by Crippen LogP contribution is 2.32. The summed E-state index contributed by atoms with van der Waals surface area (Å²) in [6.45, 7) is -0.215. The number of benzene rings is 2. The molecule has 2 atom stereocenters. The number of hydrogen-bond donors (Lipinski definition) is 3. The third-order valence-electron chi connectivity index (χ3n) is 6.45. The average Bonchev–Trinajstić information content (AvgIpc) is 3.19. The lowest BCUT2D eigenvalue weighted by atomic mass is 10.0. The maximum atomic E-state index is 14.6. The molecule has 210 valence electrons. The van der Waals surface area contributed by atoms with Crippen LogP contribution in [0.4, 0.5) is 28.9 Å². The minimum Gasteiger partial charge on any atom is -0.495 e. The van der Waals surface area contributed by atoms with Crippen LogP contribution in [0.3, 0.4) is 0 Å². The first-order chi connectivity index (χ1) is 18.4. The molecule has 13 heteroatoms. The van der Waals surface area contributed by atoms with E-state index in [1.165, 1.54) is 25.3 Å². The van der Waals surface area contributed by atoms with Crippen LogP contribution in [0.5, 0.6) is 5.75 Å². The molecule has 0 saturated carbocycles. The van der Waals surface area contributed by atoms with Crippen LogP contribution in [0, 0.1) is 11.8 Å². The highest BCUT2D eigenvalue weighted by Gasteiger charge is 2.31. The molecule has 39 heavy (non-hydrogen) atoms. The number of aromatic nitrogens is 1. The molecule has 0 unspecified atom stereocenters. The highest BCUT2D eigenvalue weighted by atomic mass is 32.2. The van der Waals surface area contributed by atoms with E-state index < -0.39 is 35.0 Å². The zero-order chi connectivity index (χ0) is 28.4. The van der Waals surface area contributed by atoms with Gasteiger partial charge in [0.15, 0.2) is 0 Å². The molecule has 0 spiro atoms. The number of nitrogens with one attached hydrogen (secondary N) is 2. The van der Waals surface area contributed by atoms with Crippen molar-refractivity contribution in [3.8, 4) is 17.6 Å². The molecule has 1 aliphatic rings. The largest absolute Gasteiger partial charge is 0.495 e. The van der Waals surface area contributed by atoms with Gasteiger partial charge >= 0.3 is 6.18 Å². The predicted octanol–water partition coefficient (Wildman–Crippen LogP) is 3.78. The quantitative estimate of drug-likeness (QED) is 0.297. The smallest absolute Gasteiger partial charge is 0.406 e. The van der Waals surface area contributed by atoms with Gasteiger partial charge < -0.3 is 24.8 Å². The van der Waals surface area contributed by atoms with Crippen LogP contribution in [0.1, 0.15) is 12.1 Å². The van der Waals surface area contributed by atoms with Crippen LogP contribution in [0.25, 0.3) is 10.9 Å². The van der Waals surface area contributed by atoms with Gasteiger partial charge in [0.1, 0.15) is 18.5 Å². The summed E-state index contributed by atoms with van der Waals surface area (Å²) >= 11 is 0. The van der Waals surface area contributed by atoms with Crippen molar-refractivity contribution >= 4 is 32.3 Å². The van der Waals surface area contributed by atoms with Gasteiger partial charge in [-0.25, -0.2) is 17.9 Å². The molecular weight excluding hydrogens is 538 g/mol. The number of fused-ring (bicyclic) bond motifs is 1. The number of nitrogens with two attached hydrogens (primary N) is 1. The van der Waals surface area contributed by atoms with Crippen LogP contribution >= 0.6 is 0 Å². The van der Waals surface area contributed by atoms with Crippen LogP contribution < -0.4 is 20.5 Å². The second kappa shape index (κ2) is 11.3. The zero-order valence-corrected chi connectivity index (χ0v) is 22.2. The first-order valence-electron chi connectivity index (χ1n) is 12.1. The Balaban J connectivity index is 1.61. The molecule has 1 saturated heterocycles. The van der Waals surface area contributed by atoms with Gasteiger partial charge in [-0.1, -0.05) is 12.0 Å². The minimum atomic E-state index is -4.49. The topological polar surface area (TPSA) is 102 Å². The number of likely N-dealkylation sites (tertiary alicyclic amines) is 1. The number of methoxy groups -OCH3 is 1. The van der Waals surface area contributed by atoms with Crippen molar-refractivity contribution in [2.45, 2.75) is 36.3 Å². The number of halogens is 4. The Hall–Kier alpha value is -3.47. The third kappa shape index (κ3) is 6.95. The van der Waals surface area contributed by atoms with Gasteiger partial charge in [-0.3, -0.25) is 0 Å². The minimum absolute atomic E-state index is 0.0306. The molecule has 1 fully saturated rings. The Morgan fingerprint density at radius 2 is 1.95 bits per heavy atom. The van der Waals surface area contributed by atoms with Gasteiger partial charge in [-0.15, -0.1) is 0 Å². The Bertz CT molecular complexity index is 1510. The van der Waals surface area contributed by atoms with Crippen LogP contribution in [0.15, 0.2) is 47.4 Å². The Kier molecular flexibility index (Phi) is 8.29. The Morgan fingerprint density at radius 1 is 1.18 bits per heavy atom. The summed E-state index contributed by atoms with van der Waals surface area (Å²) in [5, 5.41) is 11.8. The molecule has 0 amide bonds. The SMILES string of the molecule is COc1cc(S(N)(=O)=O)ccc1NCC#Cc1cc2c(N[C@@H]3CCN(C)C[C@@H]3F)cccc2n1CC(F)(F)F. The average molecular weight is 568 g/mol. The van der Waals surface area contributed by atoms with Crippen molar-refractivity contribution in [2.24, 2.45) is 5.14 Å². The number of ether oxygens (including phenoxy) is 1. The Labute approximate surface area is 224 Å². The fraction of sp³-hybridized carbons (Fsp3) is 0.385. The second-order valence-electron chi connectivity index (χ2n) is 9.35. The van der Waals surface area contributed by atoms with E-state index in [4.69, 9.17) is 9.88 Å². The van der Waals surface area contributed by atoms with Crippen molar-refractivity contribution in [3.05, 3.63) is 48.2 Å². The summed E-state index contributed by atoms with van der Waals surface area (Å²) in [7, 11) is -0.721. The van der Waals surface area contributed by atoms with Crippen molar-refractivity contribution in [1.82, 2.24) is 9.47 Å². The summed E-state index contributed by atoms with van der Waals surface area (Å²) in [5.74, 6) is 5.83. The molecule has 3 aromatic rings. The van der Waals surface area contributed by atoms with Gasteiger partial charge in [0.25, 0.3) is 0 Å². The number of hydrogen-bond acceptors (Lipinski definition) is 6. The molecule has 2 heterocycles. The zero-order valence-electron chi connectivity index (χ0n) is 21.3. The summed E-state index contributed by atoms with van der Waals surface area (Å²) in [6, 6.07) is 10.1. The summed E-state index contributed by atoms with van der Waals surface area (Å²) in [5.41, 5.74) is 1.46. The monoisotopic (exact) mass is 567 g/mol. The van der Waals surface area contributed by atoms with E-state index in [0.717, 1.165) is 4.57 Å². The van der Waals surface area contributed by atoms with Crippen LogP contribution in [-0.2, 0) is 16.6 Å². The summed E-state index contributed by atoms with van der Waals surface area (Å²) in [4.78, 5) is 1.77. The van der Waals surface area contributed by atoms with Crippen molar-refractivity contribution in [2.75, 3.05) is 44.4 Å². The molecular formula is C26H29F4N5O3S. The number of anilines is 2. The van der Waals surface area contributed by atoms with Crippen LogP contribution in [-0.4, -0.2) is 70.1 Å². The molecule has 1 aliphatic heterocycles. The number of piperidine rings is 1. The van der Waals surface area contributed by atoms with E-state index in [1.807, 2.05) is 11.9 Å². The van der Waals surface area contributed by atoms with Gasteiger partial charge in [0.2, 0.25) is 10.0 Å². The normalized spacial score (nSPS) is 18.4. The predicted molar refractivity (Wildman–Crippen MR) is 142 cm³/mol. The number of primary sulfonamides is 1. The molecule has 4 N–H and O–H groups in total. The third-order valence-corrected chi connectivity index (χ3v) is 7.36. The van der Waals surface area contributed by atoms with E-state index in [9.17, 15) is 26.0 Å². The molecule has 1 aromatic heterocycles. The van der Waals surface area contributed by atoms with E-state index >= 15 is 0 Å². The van der Waals surface area contributed by atoms with Crippen LogP contribution in [0.2, 0.25) is 0 Å². The fourth-order valence-electron chi connectivity index (χ4n) is 4.55. The maximum absolute atomic E-state index is 14.6. The highest BCUT2D eigenvalue weighted by molar-refractivity contribution is 7.89. The van der Waals surface area contributed by atoms with Gasteiger partial charge in [0.05, 0.1) is 41.5 Å². The van der Waals surface area contributed by atoms with Gasteiger partial charge in [0, 0.05) is 30.2 Å². The molecule has 0 bridgehead atoms. The van der Waals surface area contributed by atoms with E-state index in [0.29, 0.717) is 35.2 Å². The number of alkyl halides is 4. The maximum Gasteiger partial charge on any atom is 0.406 e. The van der Waals surface area contributed by atoms with E-state index in [-0.39, 0.29) is 29.4 Å². The fourth-order valence-corrected chi connectivity index (χ4v) is 5.08.